The topological polar surface area (TPSA) is 117 Å². The van der Waals surface area contributed by atoms with Crippen LogP contribution in [0.3, 0.4) is 0 Å². The molecule has 0 fully saturated rings. The maximum Gasteiger partial charge on any atom is 0.418 e. The van der Waals surface area contributed by atoms with Crippen molar-refractivity contribution < 1.29 is 37.0 Å². The summed E-state index contributed by atoms with van der Waals surface area (Å²) in [5, 5.41) is 15.1. The van der Waals surface area contributed by atoms with Crippen molar-refractivity contribution in [3.63, 3.8) is 0 Å². The fraction of sp³-hybridized carbons (Fsp3) is 0.586. The van der Waals surface area contributed by atoms with E-state index in [2.05, 4.69) is 21.7 Å². The smallest absolute Gasteiger partial charge is 0.418 e. The van der Waals surface area contributed by atoms with Crippen LogP contribution >= 0.6 is 0 Å². The van der Waals surface area contributed by atoms with E-state index in [0.717, 1.165) is 50.2 Å². The monoisotopic (exact) mass is 597 g/mol. The number of carboxylic acids is 1. The number of hydrogen-bond donors (Lipinski definition) is 3. The zero-order valence-electron chi connectivity index (χ0n) is 24.2. The van der Waals surface area contributed by atoms with Crippen LogP contribution in [0, 0.1) is 5.82 Å². The minimum atomic E-state index is -5.05. The summed E-state index contributed by atoms with van der Waals surface area (Å²) < 4.78 is 60.1. The molecular formula is C29H39F4N5O4. The number of anilines is 1. The van der Waals surface area contributed by atoms with Gasteiger partial charge in [-0.3, -0.25) is 9.78 Å². The Morgan fingerprint density at radius 3 is 2.60 bits per heavy atom. The molecular weight excluding hydrogens is 558 g/mol. The second kappa shape index (κ2) is 14.7. The van der Waals surface area contributed by atoms with Crippen LogP contribution in [0.2, 0.25) is 0 Å². The Bertz CT molecular complexity index is 1220. The third-order valence-electron chi connectivity index (χ3n) is 6.82. The van der Waals surface area contributed by atoms with Crippen LogP contribution in [0.1, 0.15) is 73.6 Å². The van der Waals surface area contributed by atoms with Crippen LogP contribution in [0.25, 0.3) is 0 Å². The molecule has 0 saturated heterocycles. The van der Waals surface area contributed by atoms with Crippen LogP contribution in [0.5, 0.6) is 0 Å². The molecule has 42 heavy (non-hydrogen) atoms. The van der Waals surface area contributed by atoms with Gasteiger partial charge in [0.15, 0.2) is 5.82 Å². The largest absolute Gasteiger partial charge is 0.480 e. The maximum atomic E-state index is 14.2. The summed E-state index contributed by atoms with van der Waals surface area (Å²) in [6, 6.07) is 2.61. The number of hydrogen-bond acceptors (Lipinski definition) is 7. The standard InChI is InChI=1S/C29H39F4N5O4/c1-28(2,3)42-16-15-38(13-5-4-8-20-10-9-19-7-6-12-35-25(19)36-20)14-11-23(27(40)41)37-26(39)24-21(29(31,32)33)17-34-18-22(24)30/h9-10,17-18,23H,4-8,11-16H2,1-3H3,(H,35,36)(H,37,39)(H,40,41)/t23-/m0/s1. The molecule has 0 aromatic carbocycles. The van der Waals surface area contributed by atoms with Gasteiger partial charge in [0.2, 0.25) is 0 Å². The van der Waals surface area contributed by atoms with E-state index in [1.54, 1.807) is 0 Å². The molecule has 2 aromatic heterocycles. The van der Waals surface area contributed by atoms with E-state index in [0.29, 0.717) is 32.1 Å². The van der Waals surface area contributed by atoms with E-state index in [-0.39, 0.29) is 18.6 Å². The molecule has 9 nitrogen and oxygen atoms in total. The minimum Gasteiger partial charge on any atom is -0.480 e. The molecule has 1 aliphatic heterocycles. The van der Waals surface area contributed by atoms with Gasteiger partial charge in [-0.15, -0.1) is 0 Å². The average Bonchev–Trinajstić information content (AvgIpc) is 2.91. The second-order valence-corrected chi connectivity index (χ2v) is 11.3. The number of carboxylic acid groups (broad SMARTS) is 1. The molecule has 0 saturated carbocycles. The maximum absolute atomic E-state index is 14.2. The molecule has 0 bridgehead atoms. The van der Waals surface area contributed by atoms with Crippen molar-refractivity contribution in [2.45, 2.75) is 77.1 Å². The number of pyridine rings is 2. The highest BCUT2D eigenvalue weighted by Crippen LogP contribution is 2.32. The van der Waals surface area contributed by atoms with Gasteiger partial charge in [-0.05, 0) is 77.5 Å². The van der Waals surface area contributed by atoms with Gasteiger partial charge < -0.3 is 25.4 Å². The highest BCUT2D eigenvalue weighted by molar-refractivity contribution is 5.98. The number of fused-ring (bicyclic) bond motifs is 1. The number of aliphatic carboxylic acids is 1. The fourth-order valence-corrected chi connectivity index (χ4v) is 4.65. The summed E-state index contributed by atoms with van der Waals surface area (Å²) in [4.78, 5) is 34.4. The SMILES string of the molecule is CC(C)(C)OCCN(CCCCc1ccc2c(n1)NCCC2)CC[C@H](NC(=O)c1c(F)cncc1C(F)(F)F)C(=O)O. The van der Waals surface area contributed by atoms with Crippen LogP contribution in [0.15, 0.2) is 24.5 Å². The summed E-state index contributed by atoms with van der Waals surface area (Å²) >= 11 is 0. The number of halogens is 4. The number of alkyl halides is 3. The summed E-state index contributed by atoms with van der Waals surface area (Å²) in [7, 11) is 0. The zero-order chi connectivity index (χ0) is 30.9. The van der Waals surface area contributed by atoms with E-state index in [1.165, 1.54) is 5.56 Å². The first-order valence-electron chi connectivity index (χ1n) is 14.1. The first kappa shape index (κ1) is 33.2. The Morgan fingerprint density at radius 2 is 1.90 bits per heavy atom. The van der Waals surface area contributed by atoms with Crippen molar-refractivity contribution in [2.24, 2.45) is 0 Å². The van der Waals surface area contributed by atoms with Crippen molar-refractivity contribution in [2.75, 3.05) is 38.1 Å². The molecule has 3 N–H and O–H groups in total. The van der Waals surface area contributed by atoms with E-state index in [4.69, 9.17) is 9.72 Å². The summed E-state index contributed by atoms with van der Waals surface area (Å²) in [5.74, 6) is -3.46. The van der Waals surface area contributed by atoms with Gasteiger partial charge >= 0.3 is 12.1 Å². The lowest BCUT2D eigenvalue weighted by Gasteiger charge is -2.27. The predicted molar refractivity (Wildman–Crippen MR) is 149 cm³/mol. The third kappa shape index (κ3) is 10.2. The first-order chi connectivity index (χ1) is 19.7. The molecule has 232 valence electrons. The average molecular weight is 598 g/mol. The van der Waals surface area contributed by atoms with Gasteiger partial charge in [0.1, 0.15) is 11.9 Å². The van der Waals surface area contributed by atoms with Gasteiger partial charge in [0, 0.05) is 31.5 Å². The number of nitrogens with zero attached hydrogens (tertiary/aromatic N) is 3. The number of unbranched alkanes of at least 4 members (excludes halogenated alkanes) is 1. The Labute approximate surface area is 243 Å². The molecule has 1 amide bonds. The lowest BCUT2D eigenvalue weighted by Crippen LogP contribution is -2.44. The number of aromatic nitrogens is 2. The number of amides is 1. The fourth-order valence-electron chi connectivity index (χ4n) is 4.65. The minimum absolute atomic E-state index is 0.108. The van der Waals surface area contributed by atoms with Gasteiger partial charge in [-0.1, -0.05) is 6.07 Å². The molecule has 0 radical (unpaired) electrons. The Morgan fingerprint density at radius 1 is 1.14 bits per heavy atom. The van der Waals surface area contributed by atoms with Gasteiger partial charge in [-0.25, -0.2) is 14.2 Å². The number of nitrogens with one attached hydrogen (secondary N) is 2. The number of ether oxygens (including phenoxy) is 1. The number of carbonyl (C=O) groups is 2. The molecule has 2 aromatic rings. The summed E-state index contributed by atoms with van der Waals surface area (Å²) in [6.07, 6.45) is 0.150. The summed E-state index contributed by atoms with van der Waals surface area (Å²) in [5.41, 5.74) is -1.03. The Kier molecular flexibility index (Phi) is 11.6. The van der Waals surface area contributed by atoms with Crippen LogP contribution < -0.4 is 10.6 Å². The van der Waals surface area contributed by atoms with Gasteiger partial charge in [0.05, 0.1) is 29.5 Å². The van der Waals surface area contributed by atoms with E-state index >= 15 is 0 Å². The molecule has 3 rings (SSSR count). The van der Waals surface area contributed by atoms with Gasteiger partial charge in [-0.2, -0.15) is 13.2 Å². The predicted octanol–water partition coefficient (Wildman–Crippen LogP) is 4.71. The molecule has 3 heterocycles. The van der Waals surface area contributed by atoms with Crippen molar-refractivity contribution in [1.82, 2.24) is 20.2 Å². The van der Waals surface area contributed by atoms with Crippen molar-refractivity contribution in [3.8, 4) is 0 Å². The van der Waals surface area contributed by atoms with Crippen molar-refractivity contribution in [3.05, 3.63) is 52.7 Å². The Hall–Kier alpha value is -3.32. The van der Waals surface area contributed by atoms with Crippen LogP contribution in [0.4, 0.5) is 23.4 Å². The quantitative estimate of drug-likeness (QED) is 0.212. The molecule has 0 spiro atoms. The first-order valence-corrected chi connectivity index (χ1v) is 14.1. The Balaban J connectivity index is 1.60. The molecule has 13 heteroatoms. The van der Waals surface area contributed by atoms with Crippen LogP contribution in [-0.4, -0.2) is 76.3 Å². The lowest BCUT2D eigenvalue weighted by atomic mass is 10.1. The van der Waals surface area contributed by atoms with Crippen molar-refractivity contribution in [1.29, 1.82) is 0 Å². The molecule has 0 unspecified atom stereocenters. The van der Waals surface area contributed by atoms with Crippen LogP contribution in [-0.2, 0) is 28.5 Å². The van der Waals surface area contributed by atoms with E-state index in [9.17, 15) is 32.3 Å². The normalized spacial score (nSPS) is 14.3. The highest BCUT2D eigenvalue weighted by atomic mass is 19.4. The number of aryl methyl sites for hydroxylation is 2. The number of carbonyl (C=O) groups excluding carboxylic acids is 1. The molecule has 0 aliphatic carbocycles. The second-order valence-electron chi connectivity index (χ2n) is 11.3. The highest BCUT2D eigenvalue weighted by Gasteiger charge is 2.38. The van der Waals surface area contributed by atoms with E-state index < -0.39 is 41.0 Å². The van der Waals surface area contributed by atoms with E-state index in [1.807, 2.05) is 31.7 Å². The zero-order valence-corrected chi connectivity index (χ0v) is 24.2. The third-order valence-corrected chi connectivity index (χ3v) is 6.82. The molecule has 1 atom stereocenters. The molecule has 1 aliphatic rings. The summed E-state index contributed by atoms with van der Waals surface area (Å²) in [6.45, 7) is 8.35. The van der Waals surface area contributed by atoms with Crippen molar-refractivity contribution >= 4 is 17.7 Å². The lowest BCUT2D eigenvalue weighted by molar-refractivity contribution is -0.139. The van der Waals surface area contributed by atoms with Gasteiger partial charge in [0.25, 0.3) is 5.91 Å². The number of rotatable bonds is 14.